The molecule has 4 rings (SSSR count). The van der Waals surface area contributed by atoms with Gasteiger partial charge in [-0.15, -0.1) is 0 Å². The highest BCUT2D eigenvalue weighted by molar-refractivity contribution is 7.99. The summed E-state index contributed by atoms with van der Waals surface area (Å²) in [6.45, 7) is 5.74. The van der Waals surface area contributed by atoms with Crippen LogP contribution in [-0.2, 0) is 16.0 Å². The van der Waals surface area contributed by atoms with Crippen LogP contribution in [0, 0.1) is 0 Å². The molecule has 176 valence electrons. The maximum Gasteiger partial charge on any atom is 0.328 e. The minimum absolute atomic E-state index is 0.296. The first-order chi connectivity index (χ1) is 16.0. The van der Waals surface area contributed by atoms with E-state index in [0.29, 0.717) is 24.8 Å². The number of rotatable bonds is 6. The maximum atomic E-state index is 9.55. The molecule has 1 atom stereocenters. The molecule has 2 aliphatic heterocycles. The average Bonchev–Trinajstić information content (AvgIpc) is 2.99. The Hall–Kier alpha value is -2.65. The van der Waals surface area contributed by atoms with E-state index in [1.165, 1.54) is 20.9 Å². The summed E-state index contributed by atoms with van der Waals surface area (Å²) in [5.74, 6) is -2.51. The summed E-state index contributed by atoms with van der Waals surface area (Å²) in [4.78, 5) is 27.1. The van der Waals surface area contributed by atoms with Crippen LogP contribution < -0.4 is 0 Å². The Kier molecular flexibility index (Phi) is 9.50. The van der Waals surface area contributed by atoms with Crippen LogP contribution in [0.5, 0.6) is 0 Å². The van der Waals surface area contributed by atoms with Crippen molar-refractivity contribution < 1.29 is 24.9 Å². The number of benzene rings is 2. The molecule has 0 spiro atoms. The zero-order valence-electron chi connectivity index (χ0n) is 18.5. The standard InChI is InChI=1S/C21H26N2OS.C4H4O4/c24-15-5-10-22-11-13-23(14-12-22)19-16-17-6-1-3-8-20(17)25-21-9-4-2-7-18(19)21;5-3(6)1-2-4(7)8/h1-4,6-9,19,24H,5,10-16H2;1-2H,(H,5,6)(H,7,8)/b;2-1-. The van der Waals surface area contributed by atoms with Crippen LogP contribution in [-0.4, -0.2) is 76.4 Å². The molecule has 2 heterocycles. The fourth-order valence-corrected chi connectivity index (χ4v) is 5.25. The molecule has 2 aromatic rings. The van der Waals surface area contributed by atoms with Crippen molar-refractivity contribution in [3.05, 3.63) is 71.8 Å². The Bertz CT molecular complexity index is 957. The van der Waals surface area contributed by atoms with Crippen molar-refractivity contribution >= 4 is 23.7 Å². The van der Waals surface area contributed by atoms with Gasteiger partial charge in [-0.1, -0.05) is 48.2 Å². The van der Waals surface area contributed by atoms with Crippen LogP contribution in [0.3, 0.4) is 0 Å². The van der Waals surface area contributed by atoms with Crippen molar-refractivity contribution in [1.82, 2.24) is 9.80 Å². The molecule has 0 radical (unpaired) electrons. The third-order valence-corrected chi connectivity index (χ3v) is 6.94. The lowest BCUT2D eigenvalue weighted by Gasteiger charge is -2.39. The molecule has 1 fully saturated rings. The zero-order valence-corrected chi connectivity index (χ0v) is 19.3. The van der Waals surface area contributed by atoms with Gasteiger partial charge in [-0.25, -0.2) is 9.59 Å². The molecule has 33 heavy (non-hydrogen) atoms. The second-order valence-electron chi connectivity index (χ2n) is 7.93. The number of aliphatic carboxylic acids is 2. The second-order valence-corrected chi connectivity index (χ2v) is 9.02. The number of fused-ring (bicyclic) bond motifs is 2. The monoisotopic (exact) mass is 470 g/mol. The molecular weight excluding hydrogens is 440 g/mol. The molecule has 0 amide bonds. The van der Waals surface area contributed by atoms with Gasteiger partial charge >= 0.3 is 11.9 Å². The molecule has 2 aliphatic rings. The normalized spacial score (nSPS) is 18.5. The van der Waals surface area contributed by atoms with Crippen LogP contribution in [0.1, 0.15) is 23.6 Å². The summed E-state index contributed by atoms with van der Waals surface area (Å²) in [5, 5.41) is 24.7. The van der Waals surface area contributed by atoms with Crippen molar-refractivity contribution in [3.63, 3.8) is 0 Å². The van der Waals surface area contributed by atoms with Crippen LogP contribution in [0.4, 0.5) is 0 Å². The van der Waals surface area contributed by atoms with Crippen LogP contribution >= 0.6 is 11.8 Å². The SMILES string of the molecule is O=C(O)/C=C\C(=O)O.OCCCN1CCN(C2Cc3ccccc3Sc3ccccc32)CC1. The molecule has 0 bridgehead atoms. The van der Waals surface area contributed by atoms with Gasteiger partial charge in [0.25, 0.3) is 0 Å². The lowest BCUT2D eigenvalue weighted by atomic mass is 9.96. The van der Waals surface area contributed by atoms with Gasteiger partial charge in [0.2, 0.25) is 0 Å². The van der Waals surface area contributed by atoms with Crippen molar-refractivity contribution in [2.75, 3.05) is 39.3 Å². The van der Waals surface area contributed by atoms with E-state index in [2.05, 4.69) is 58.3 Å². The molecule has 1 saturated heterocycles. The van der Waals surface area contributed by atoms with E-state index in [1.807, 2.05) is 11.8 Å². The summed E-state index contributed by atoms with van der Waals surface area (Å²) in [5.41, 5.74) is 2.95. The molecule has 3 N–H and O–H groups in total. The Balaban J connectivity index is 0.000000331. The fourth-order valence-electron chi connectivity index (χ4n) is 4.12. The minimum Gasteiger partial charge on any atom is -0.478 e. The van der Waals surface area contributed by atoms with Crippen molar-refractivity contribution in [1.29, 1.82) is 0 Å². The summed E-state index contributed by atoms with van der Waals surface area (Å²) in [6.07, 6.45) is 3.10. The summed E-state index contributed by atoms with van der Waals surface area (Å²) >= 11 is 1.92. The van der Waals surface area contributed by atoms with Gasteiger partial charge in [0.15, 0.2) is 0 Å². The predicted molar refractivity (Wildman–Crippen MR) is 128 cm³/mol. The van der Waals surface area contributed by atoms with Crippen LogP contribution in [0.15, 0.2) is 70.5 Å². The third kappa shape index (κ3) is 7.43. The molecule has 0 aliphatic carbocycles. The number of piperazine rings is 1. The number of carbonyl (C=O) groups is 2. The van der Waals surface area contributed by atoms with Gasteiger partial charge in [-0.05, 0) is 36.1 Å². The van der Waals surface area contributed by atoms with Crippen LogP contribution in [0.25, 0.3) is 0 Å². The number of aliphatic hydroxyl groups excluding tert-OH is 1. The van der Waals surface area contributed by atoms with E-state index in [-0.39, 0.29) is 0 Å². The number of carboxylic acid groups (broad SMARTS) is 2. The predicted octanol–water partition coefficient (Wildman–Crippen LogP) is 3.15. The van der Waals surface area contributed by atoms with Gasteiger partial charge in [0, 0.05) is 67.3 Å². The van der Waals surface area contributed by atoms with E-state index in [0.717, 1.165) is 45.6 Å². The van der Waals surface area contributed by atoms with E-state index >= 15 is 0 Å². The van der Waals surface area contributed by atoms with E-state index < -0.39 is 11.9 Å². The Morgan fingerprint density at radius 2 is 1.52 bits per heavy atom. The van der Waals surface area contributed by atoms with E-state index in [4.69, 9.17) is 15.3 Å². The lowest BCUT2D eigenvalue weighted by Crippen LogP contribution is -2.48. The zero-order chi connectivity index (χ0) is 23.6. The second kappa shape index (κ2) is 12.6. The average molecular weight is 471 g/mol. The first kappa shape index (κ1) is 25.0. The first-order valence-corrected chi connectivity index (χ1v) is 11.9. The van der Waals surface area contributed by atoms with E-state index in [1.54, 1.807) is 0 Å². The molecular formula is C25H30N2O5S. The molecule has 7 nitrogen and oxygen atoms in total. The van der Waals surface area contributed by atoms with Gasteiger partial charge in [-0.2, -0.15) is 0 Å². The van der Waals surface area contributed by atoms with Gasteiger partial charge in [0.05, 0.1) is 0 Å². The van der Waals surface area contributed by atoms with Crippen molar-refractivity contribution in [2.24, 2.45) is 0 Å². The molecule has 1 unspecified atom stereocenters. The van der Waals surface area contributed by atoms with Crippen LogP contribution in [0.2, 0.25) is 0 Å². The third-order valence-electron chi connectivity index (χ3n) is 5.73. The Morgan fingerprint density at radius 1 is 0.909 bits per heavy atom. The van der Waals surface area contributed by atoms with Gasteiger partial charge < -0.3 is 20.2 Å². The Morgan fingerprint density at radius 3 is 2.15 bits per heavy atom. The first-order valence-electron chi connectivity index (χ1n) is 11.0. The van der Waals surface area contributed by atoms with Crippen molar-refractivity contribution in [3.8, 4) is 0 Å². The number of hydrogen-bond donors (Lipinski definition) is 3. The molecule has 0 aromatic heterocycles. The summed E-state index contributed by atoms with van der Waals surface area (Å²) in [6, 6.07) is 18.2. The highest BCUT2D eigenvalue weighted by Gasteiger charge is 2.29. The maximum absolute atomic E-state index is 9.55. The summed E-state index contributed by atoms with van der Waals surface area (Å²) in [7, 11) is 0. The number of carboxylic acids is 2. The molecule has 8 heteroatoms. The van der Waals surface area contributed by atoms with Gasteiger partial charge in [-0.3, -0.25) is 4.90 Å². The Labute approximate surface area is 198 Å². The topological polar surface area (TPSA) is 101 Å². The molecule has 2 aromatic carbocycles. The highest BCUT2D eigenvalue weighted by atomic mass is 32.2. The molecule has 0 saturated carbocycles. The fraction of sp³-hybridized carbons (Fsp3) is 0.360. The minimum atomic E-state index is -1.26. The number of hydrogen-bond acceptors (Lipinski definition) is 6. The highest BCUT2D eigenvalue weighted by Crippen LogP contribution is 2.42. The quantitative estimate of drug-likeness (QED) is 0.554. The van der Waals surface area contributed by atoms with Gasteiger partial charge in [0.1, 0.15) is 0 Å². The number of nitrogens with zero attached hydrogens (tertiary/aromatic N) is 2. The van der Waals surface area contributed by atoms with Crippen molar-refractivity contribution in [2.45, 2.75) is 28.7 Å². The lowest BCUT2D eigenvalue weighted by molar-refractivity contribution is -0.134. The number of aliphatic hydroxyl groups is 1. The van der Waals surface area contributed by atoms with E-state index in [9.17, 15) is 9.59 Å². The smallest absolute Gasteiger partial charge is 0.328 e. The summed E-state index contributed by atoms with van der Waals surface area (Å²) < 4.78 is 0. The largest absolute Gasteiger partial charge is 0.478 e.